The molecule has 1 saturated heterocycles. The van der Waals surface area contributed by atoms with Crippen LogP contribution in [-0.2, 0) is 14.9 Å². The van der Waals surface area contributed by atoms with Crippen LogP contribution in [-0.4, -0.2) is 43.9 Å². The van der Waals surface area contributed by atoms with Crippen LogP contribution in [0.4, 0.5) is 11.6 Å². The fourth-order valence-corrected chi connectivity index (χ4v) is 4.85. The van der Waals surface area contributed by atoms with Crippen molar-refractivity contribution in [2.75, 3.05) is 30.3 Å². The van der Waals surface area contributed by atoms with E-state index in [2.05, 4.69) is 25.9 Å². The zero-order valence-electron chi connectivity index (χ0n) is 18.1. The van der Waals surface area contributed by atoms with E-state index < -0.39 is 10.1 Å². The number of carbonyl (C=O) groups excluding carboxylic acids is 1. The lowest BCUT2D eigenvalue weighted by atomic mass is 9.98. The largest absolute Gasteiger partial charge is 0.385 e. The number of fused-ring (bicyclic) bond motifs is 1. The lowest BCUT2D eigenvalue weighted by molar-refractivity contribution is -0.117. The van der Waals surface area contributed by atoms with E-state index in [1.54, 1.807) is 36.4 Å². The molecule has 10 heteroatoms. The molecule has 174 valence electrons. The number of aromatic amines is 1. The van der Waals surface area contributed by atoms with Crippen molar-refractivity contribution in [3.8, 4) is 5.75 Å². The van der Waals surface area contributed by atoms with E-state index in [4.69, 9.17) is 4.18 Å². The van der Waals surface area contributed by atoms with Crippen molar-refractivity contribution >= 4 is 38.7 Å². The highest BCUT2D eigenvalue weighted by atomic mass is 32.2. The van der Waals surface area contributed by atoms with E-state index >= 15 is 0 Å². The summed E-state index contributed by atoms with van der Waals surface area (Å²) < 4.78 is 30.8. The molecule has 1 aliphatic carbocycles. The summed E-state index contributed by atoms with van der Waals surface area (Å²) in [5.74, 6) is 1.13. The molecule has 1 amide bonds. The monoisotopic (exact) mass is 469 g/mol. The topological polar surface area (TPSA) is 125 Å². The highest BCUT2D eigenvalue weighted by Crippen LogP contribution is 2.30. The molecular formula is C23H27N5O4S. The van der Waals surface area contributed by atoms with Crippen LogP contribution in [0.25, 0.3) is 11.0 Å². The molecule has 0 radical (unpaired) electrons. The van der Waals surface area contributed by atoms with Gasteiger partial charge in [0.05, 0.1) is 11.0 Å². The Hall–Kier alpha value is -3.11. The van der Waals surface area contributed by atoms with E-state index in [9.17, 15) is 13.2 Å². The summed E-state index contributed by atoms with van der Waals surface area (Å²) in [5.41, 5.74) is 2.06. The molecular weight excluding hydrogens is 442 g/mol. The number of H-pyrrole nitrogens is 1. The fourth-order valence-electron chi connectivity index (χ4n) is 3.92. The zero-order chi connectivity index (χ0) is 22.8. The number of anilines is 2. The highest BCUT2D eigenvalue weighted by molar-refractivity contribution is 7.87. The Kier molecular flexibility index (Phi) is 5.94. The van der Waals surface area contributed by atoms with Crippen LogP contribution in [0.5, 0.6) is 5.75 Å². The molecule has 2 fully saturated rings. The third-order valence-corrected chi connectivity index (χ3v) is 7.31. The number of nitrogens with zero attached hydrogens (tertiary/aromatic N) is 1. The second kappa shape index (κ2) is 9.03. The minimum Gasteiger partial charge on any atom is -0.385 e. The summed E-state index contributed by atoms with van der Waals surface area (Å²) >= 11 is 0. The number of hydrogen-bond donors (Lipinski definition) is 4. The van der Waals surface area contributed by atoms with Crippen molar-refractivity contribution in [1.82, 2.24) is 15.3 Å². The molecule has 1 saturated carbocycles. The van der Waals surface area contributed by atoms with Crippen LogP contribution >= 0.6 is 0 Å². The van der Waals surface area contributed by atoms with Crippen LogP contribution in [0, 0.1) is 11.8 Å². The average Bonchev–Trinajstić information content (AvgIpc) is 3.59. The van der Waals surface area contributed by atoms with Gasteiger partial charge in [-0.2, -0.15) is 8.42 Å². The van der Waals surface area contributed by atoms with Gasteiger partial charge in [-0.3, -0.25) is 10.1 Å². The van der Waals surface area contributed by atoms with Crippen molar-refractivity contribution < 1.29 is 17.4 Å². The number of hydrogen-bond acceptors (Lipinski definition) is 7. The van der Waals surface area contributed by atoms with E-state index in [0.717, 1.165) is 51.0 Å². The molecule has 1 aliphatic heterocycles. The molecule has 9 nitrogen and oxygen atoms in total. The number of rotatable bonds is 8. The van der Waals surface area contributed by atoms with E-state index in [1.807, 2.05) is 0 Å². The second-order valence-electron chi connectivity index (χ2n) is 8.66. The molecule has 4 N–H and O–H groups in total. The van der Waals surface area contributed by atoms with Crippen molar-refractivity contribution in [3.05, 3.63) is 42.5 Å². The quantitative estimate of drug-likeness (QED) is 0.374. The Bertz CT molecular complexity index is 1250. The lowest BCUT2D eigenvalue weighted by Gasteiger charge is -2.23. The Morgan fingerprint density at radius 1 is 1.06 bits per heavy atom. The molecule has 2 aromatic carbocycles. The maximum atomic E-state index is 12.8. The van der Waals surface area contributed by atoms with E-state index in [0.29, 0.717) is 22.9 Å². The minimum atomic E-state index is -3.99. The minimum absolute atomic E-state index is 0.0539. The van der Waals surface area contributed by atoms with E-state index in [1.165, 1.54) is 6.07 Å². The Labute approximate surface area is 192 Å². The summed E-state index contributed by atoms with van der Waals surface area (Å²) in [6, 6.07) is 11.3. The summed E-state index contributed by atoms with van der Waals surface area (Å²) in [4.78, 5) is 19.3. The van der Waals surface area contributed by atoms with Gasteiger partial charge in [0.15, 0.2) is 0 Å². The summed E-state index contributed by atoms with van der Waals surface area (Å²) in [7, 11) is -3.99. The summed E-state index contributed by atoms with van der Waals surface area (Å²) in [6.45, 7) is 2.96. The van der Waals surface area contributed by atoms with Crippen LogP contribution in [0.1, 0.15) is 25.7 Å². The van der Waals surface area contributed by atoms with Gasteiger partial charge in [0, 0.05) is 24.2 Å². The first-order valence-electron chi connectivity index (χ1n) is 11.3. The lowest BCUT2D eigenvalue weighted by Crippen LogP contribution is -2.31. The number of benzene rings is 2. The van der Waals surface area contributed by atoms with Crippen molar-refractivity contribution in [1.29, 1.82) is 0 Å². The SMILES string of the molecule is O=C(Nc1nc2cc(OS(=O)(=O)c3ccc(NCC4CCNCC4)cc3)ccc2[nH]1)C1CC1. The van der Waals surface area contributed by atoms with Gasteiger partial charge in [-0.25, -0.2) is 4.98 Å². The highest BCUT2D eigenvalue weighted by Gasteiger charge is 2.30. The van der Waals surface area contributed by atoms with Crippen LogP contribution in [0.3, 0.4) is 0 Å². The molecule has 0 unspecified atom stereocenters. The van der Waals surface area contributed by atoms with Gasteiger partial charge in [0.25, 0.3) is 0 Å². The number of piperidine rings is 1. The Morgan fingerprint density at radius 3 is 2.55 bits per heavy atom. The van der Waals surface area contributed by atoms with Crippen LogP contribution in [0.2, 0.25) is 0 Å². The molecule has 2 aliphatic rings. The summed E-state index contributed by atoms with van der Waals surface area (Å²) in [5, 5.41) is 9.48. The summed E-state index contributed by atoms with van der Waals surface area (Å²) in [6.07, 6.45) is 4.08. The first-order chi connectivity index (χ1) is 16.0. The standard InChI is InChI=1S/C23H27N5O4S/c29-22(16-1-2-16)28-23-26-20-8-5-18(13-21(20)27-23)32-33(30,31)19-6-3-17(4-7-19)25-14-15-9-11-24-12-10-15/h3-8,13,15-16,24-25H,1-2,9-12,14H2,(H2,26,27,28,29). The van der Waals surface area contributed by atoms with Gasteiger partial charge < -0.3 is 19.8 Å². The molecule has 3 aromatic rings. The fraction of sp³-hybridized carbons (Fsp3) is 0.391. The van der Waals surface area contributed by atoms with Crippen LogP contribution < -0.4 is 20.1 Å². The molecule has 0 spiro atoms. The van der Waals surface area contributed by atoms with Gasteiger partial charge in [-0.1, -0.05) is 0 Å². The maximum Gasteiger partial charge on any atom is 0.339 e. The number of aromatic nitrogens is 2. The predicted molar refractivity (Wildman–Crippen MR) is 126 cm³/mol. The number of carbonyl (C=O) groups is 1. The van der Waals surface area contributed by atoms with Gasteiger partial charge in [-0.05, 0) is 81.1 Å². The molecule has 1 aromatic heterocycles. The Morgan fingerprint density at radius 2 is 1.82 bits per heavy atom. The predicted octanol–water partition coefficient (Wildman–Crippen LogP) is 3.09. The number of amides is 1. The first kappa shape index (κ1) is 21.7. The van der Waals surface area contributed by atoms with Gasteiger partial charge >= 0.3 is 10.1 Å². The Balaban J connectivity index is 1.23. The molecule has 2 heterocycles. The second-order valence-corrected chi connectivity index (χ2v) is 10.2. The first-order valence-corrected chi connectivity index (χ1v) is 12.7. The van der Waals surface area contributed by atoms with Crippen LogP contribution in [0.15, 0.2) is 47.4 Å². The zero-order valence-corrected chi connectivity index (χ0v) is 19.0. The van der Waals surface area contributed by atoms with Crippen molar-refractivity contribution in [2.24, 2.45) is 11.8 Å². The average molecular weight is 470 g/mol. The third-order valence-electron chi connectivity index (χ3n) is 6.05. The maximum absolute atomic E-state index is 12.8. The molecule has 0 bridgehead atoms. The molecule has 5 rings (SSSR count). The van der Waals surface area contributed by atoms with E-state index in [-0.39, 0.29) is 22.5 Å². The number of imidazole rings is 1. The van der Waals surface area contributed by atoms with Gasteiger partial charge in [-0.15, -0.1) is 0 Å². The van der Waals surface area contributed by atoms with Gasteiger partial charge in [0.2, 0.25) is 11.9 Å². The number of nitrogens with one attached hydrogen (secondary N) is 4. The van der Waals surface area contributed by atoms with Crippen molar-refractivity contribution in [3.63, 3.8) is 0 Å². The van der Waals surface area contributed by atoms with Gasteiger partial charge in [0.1, 0.15) is 10.6 Å². The molecule has 33 heavy (non-hydrogen) atoms. The normalized spacial score (nSPS) is 17.1. The third kappa shape index (κ3) is 5.28. The molecule has 0 atom stereocenters. The smallest absolute Gasteiger partial charge is 0.339 e. The van der Waals surface area contributed by atoms with Crippen molar-refractivity contribution in [2.45, 2.75) is 30.6 Å².